The Morgan fingerprint density at radius 2 is 2.00 bits per heavy atom. The molecular weight excluding hydrogens is 216 g/mol. The van der Waals surface area contributed by atoms with E-state index in [-0.39, 0.29) is 19.1 Å². The number of methoxy groups -OCH3 is 2. The summed E-state index contributed by atoms with van der Waals surface area (Å²) in [5.41, 5.74) is 0. The number of carboxylic acid groups (broad SMARTS) is 1. The second kappa shape index (κ2) is 9.08. The van der Waals surface area contributed by atoms with Crippen molar-refractivity contribution in [2.75, 3.05) is 40.5 Å². The van der Waals surface area contributed by atoms with Gasteiger partial charge >= 0.3 is 5.97 Å². The van der Waals surface area contributed by atoms with E-state index in [9.17, 15) is 9.59 Å². The maximum Gasteiger partial charge on any atom is 0.328 e. The first kappa shape index (κ1) is 14.8. The molecule has 3 N–H and O–H groups in total. The number of carbonyl (C=O) groups is 2. The van der Waals surface area contributed by atoms with Crippen LogP contribution in [0.4, 0.5) is 0 Å². The standard InChI is InChI=1S/C9H18N2O5/c1-15-4-3-10-5-8(12)11-7(6-16-2)9(13)14/h7,10H,3-6H2,1-2H3,(H,11,12)(H,13,14). The number of ether oxygens (including phenoxy) is 2. The van der Waals surface area contributed by atoms with Crippen LogP contribution >= 0.6 is 0 Å². The summed E-state index contributed by atoms with van der Waals surface area (Å²) in [6.07, 6.45) is 0. The highest BCUT2D eigenvalue weighted by molar-refractivity contribution is 5.84. The lowest BCUT2D eigenvalue weighted by Gasteiger charge is -2.13. The molecule has 0 aliphatic rings. The van der Waals surface area contributed by atoms with Gasteiger partial charge in [0.2, 0.25) is 5.91 Å². The minimum atomic E-state index is -1.12. The van der Waals surface area contributed by atoms with Crippen LogP contribution in [0.5, 0.6) is 0 Å². The molecule has 0 aromatic carbocycles. The first-order valence-electron chi connectivity index (χ1n) is 4.82. The predicted molar refractivity (Wildman–Crippen MR) is 56.2 cm³/mol. The highest BCUT2D eigenvalue weighted by atomic mass is 16.5. The number of carboxylic acids is 1. The van der Waals surface area contributed by atoms with Crippen LogP contribution in [0.1, 0.15) is 0 Å². The number of hydrogen-bond donors (Lipinski definition) is 3. The number of amides is 1. The minimum absolute atomic E-state index is 0.0524. The third kappa shape index (κ3) is 7.16. The van der Waals surface area contributed by atoms with Crippen LogP contribution in [0.15, 0.2) is 0 Å². The van der Waals surface area contributed by atoms with Crippen molar-refractivity contribution in [3.8, 4) is 0 Å². The Morgan fingerprint density at radius 3 is 2.50 bits per heavy atom. The van der Waals surface area contributed by atoms with E-state index >= 15 is 0 Å². The van der Waals surface area contributed by atoms with Gasteiger partial charge in [-0.25, -0.2) is 4.79 Å². The van der Waals surface area contributed by atoms with Crippen molar-refractivity contribution in [3.05, 3.63) is 0 Å². The van der Waals surface area contributed by atoms with Gasteiger partial charge in [-0.2, -0.15) is 0 Å². The molecular formula is C9H18N2O5. The van der Waals surface area contributed by atoms with Crippen LogP contribution < -0.4 is 10.6 Å². The summed E-state index contributed by atoms with van der Waals surface area (Å²) in [5.74, 6) is -1.51. The van der Waals surface area contributed by atoms with Crippen LogP contribution in [-0.4, -0.2) is 63.5 Å². The van der Waals surface area contributed by atoms with Crippen molar-refractivity contribution < 1.29 is 24.2 Å². The third-order valence-corrected chi connectivity index (χ3v) is 1.74. The molecule has 94 valence electrons. The zero-order valence-corrected chi connectivity index (χ0v) is 9.49. The van der Waals surface area contributed by atoms with Gasteiger partial charge in [0, 0.05) is 20.8 Å². The summed E-state index contributed by atoms with van der Waals surface area (Å²) in [6, 6.07) is -1.01. The number of nitrogens with one attached hydrogen (secondary N) is 2. The molecule has 0 aromatic heterocycles. The number of rotatable bonds is 9. The zero-order valence-electron chi connectivity index (χ0n) is 9.49. The average molecular weight is 234 g/mol. The first-order chi connectivity index (χ1) is 7.61. The molecule has 7 heteroatoms. The summed E-state index contributed by atoms with van der Waals surface area (Å²) < 4.78 is 9.45. The normalized spacial score (nSPS) is 12.1. The van der Waals surface area contributed by atoms with Crippen molar-refractivity contribution in [1.29, 1.82) is 0 Å². The Bertz CT molecular complexity index is 222. The van der Waals surface area contributed by atoms with E-state index in [4.69, 9.17) is 9.84 Å². The fourth-order valence-electron chi connectivity index (χ4n) is 0.963. The van der Waals surface area contributed by atoms with E-state index in [1.807, 2.05) is 0 Å². The van der Waals surface area contributed by atoms with E-state index in [0.29, 0.717) is 13.2 Å². The number of aliphatic carboxylic acids is 1. The fourth-order valence-corrected chi connectivity index (χ4v) is 0.963. The second-order valence-corrected chi connectivity index (χ2v) is 3.08. The monoisotopic (exact) mass is 234 g/mol. The Labute approximate surface area is 94.1 Å². The first-order valence-corrected chi connectivity index (χ1v) is 4.82. The molecule has 0 aliphatic heterocycles. The molecule has 0 radical (unpaired) electrons. The highest BCUT2D eigenvalue weighted by Gasteiger charge is 2.18. The largest absolute Gasteiger partial charge is 0.480 e. The zero-order chi connectivity index (χ0) is 12.4. The third-order valence-electron chi connectivity index (χ3n) is 1.74. The summed E-state index contributed by atoms with van der Waals surface area (Å²) >= 11 is 0. The molecule has 1 atom stereocenters. The lowest BCUT2D eigenvalue weighted by atomic mass is 10.3. The van der Waals surface area contributed by atoms with E-state index in [1.165, 1.54) is 7.11 Å². The lowest BCUT2D eigenvalue weighted by Crippen LogP contribution is -2.47. The van der Waals surface area contributed by atoms with Crippen LogP contribution in [0.3, 0.4) is 0 Å². The van der Waals surface area contributed by atoms with Gasteiger partial charge in [-0.15, -0.1) is 0 Å². The Kier molecular flexibility index (Phi) is 8.41. The van der Waals surface area contributed by atoms with Gasteiger partial charge in [0.05, 0.1) is 19.8 Å². The molecule has 1 amide bonds. The van der Waals surface area contributed by atoms with Gasteiger partial charge in [-0.05, 0) is 0 Å². The Hall–Kier alpha value is -1.18. The molecule has 0 spiro atoms. The number of hydrogen-bond acceptors (Lipinski definition) is 5. The fraction of sp³-hybridized carbons (Fsp3) is 0.778. The Morgan fingerprint density at radius 1 is 1.31 bits per heavy atom. The van der Waals surface area contributed by atoms with Crippen molar-refractivity contribution in [2.24, 2.45) is 0 Å². The van der Waals surface area contributed by atoms with Gasteiger partial charge < -0.3 is 25.2 Å². The molecule has 0 aromatic rings. The average Bonchev–Trinajstić information content (AvgIpc) is 2.23. The van der Waals surface area contributed by atoms with E-state index in [1.54, 1.807) is 7.11 Å². The van der Waals surface area contributed by atoms with E-state index in [0.717, 1.165) is 0 Å². The molecule has 0 saturated heterocycles. The molecule has 0 rings (SSSR count). The molecule has 0 fully saturated rings. The van der Waals surface area contributed by atoms with Crippen molar-refractivity contribution in [1.82, 2.24) is 10.6 Å². The van der Waals surface area contributed by atoms with Crippen molar-refractivity contribution >= 4 is 11.9 Å². The molecule has 16 heavy (non-hydrogen) atoms. The summed E-state index contributed by atoms with van der Waals surface area (Å²) in [7, 11) is 2.93. The van der Waals surface area contributed by atoms with Gasteiger partial charge in [-0.3, -0.25) is 4.79 Å². The summed E-state index contributed by atoms with van der Waals surface area (Å²) in [4.78, 5) is 21.9. The maximum atomic E-state index is 11.3. The predicted octanol–water partition coefficient (Wildman–Crippen LogP) is -1.56. The SMILES string of the molecule is COCCNCC(=O)NC(COC)C(=O)O. The van der Waals surface area contributed by atoms with E-state index in [2.05, 4.69) is 15.4 Å². The topological polar surface area (TPSA) is 96.9 Å². The highest BCUT2D eigenvalue weighted by Crippen LogP contribution is 1.85. The van der Waals surface area contributed by atoms with Crippen molar-refractivity contribution in [2.45, 2.75) is 6.04 Å². The molecule has 0 saturated carbocycles. The molecule has 7 nitrogen and oxygen atoms in total. The van der Waals surface area contributed by atoms with Crippen molar-refractivity contribution in [3.63, 3.8) is 0 Å². The summed E-state index contributed by atoms with van der Waals surface area (Å²) in [5, 5.41) is 13.9. The maximum absolute atomic E-state index is 11.3. The molecule has 0 heterocycles. The van der Waals surface area contributed by atoms with Gasteiger partial charge in [-0.1, -0.05) is 0 Å². The minimum Gasteiger partial charge on any atom is -0.480 e. The molecule has 1 unspecified atom stereocenters. The number of carbonyl (C=O) groups excluding carboxylic acids is 1. The van der Waals surface area contributed by atoms with E-state index < -0.39 is 12.0 Å². The van der Waals surface area contributed by atoms with Crippen LogP contribution in [-0.2, 0) is 19.1 Å². The van der Waals surface area contributed by atoms with Gasteiger partial charge in [0.15, 0.2) is 6.04 Å². The second-order valence-electron chi connectivity index (χ2n) is 3.08. The van der Waals surface area contributed by atoms with Gasteiger partial charge in [0.25, 0.3) is 0 Å². The molecule has 0 aliphatic carbocycles. The smallest absolute Gasteiger partial charge is 0.328 e. The Balaban J connectivity index is 3.77. The van der Waals surface area contributed by atoms with Crippen LogP contribution in [0.25, 0.3) is 0 Å². The lowest BCUT2D eigenvalue weighted by molar-refractivity contribution is -0.143. The summed E-state index contributed by atoms with van der Waals surface area (Å²) in [6.45, 7) is 1.02. The van der Waals surface area contributed by atoms with Crippen LogP contribution in [0, 0.1) is 0 Å². The van der Waals surface area contributed by atoms with Gasteiger partial charge in [0.1, 0.15) is 0 Å². The molecule has 0 bridgehead atoms. The quantitative estimate of drug-likeness (QED) is 0.417. The van der Waals surface area contributed by atoms with Crippen LogP contribution in [0.2, 0.25) is 0 Å².